The molecule has 24 heavy (non-hydrogen) atoms. The Morgan fingerprint density at radius 3 is 2.46 bits per heavy atom. The van der Waals surface area contributed by atoms with Gasteiger partial charge in [0.05, 0.1) is 19.4 Å². The quantitative estimate of drug-likeness (QED) is 0.663. The summed E-state index contributed by atoms with van der Waals surface area (Å²) >= 11 is 0. The van der Waals surface area contributed by atoms with E-state index in [1.54, 1.807) is 17.2 Å². The van der Waals surface area contributed by atoms with Gasteiger partial charge in [-0.3, -0.25) is 4.79 Å². The number of hydrogen-bond donors (Lipinski definition) is 0. The molecule has 0 fully saturated rings. The second-order valence-electron chi connectivity index (χ2n) is 5.44. The van der Waals surface area contributed by atoms with E-state index in [0.29, 0.717) is 24.6 Å². The minimum Gasteiger partial charge on any atom is -0.484 e. The number of nitrogens with zero attached hydrogens (tertiary/aromatic N) is 1. The van der Waals surface area contributed by atoms with Crippen LogP contribution in [-0.2, 0) is 17.9 Å². The van der Waals surface area contributed by atoms with Crippen LogP contribution in [0.4, 0.5) is 0 Å². The Hall–Kier alpha value is -2.95. The largest absolute Gasteiger partial charge is 0.484 e. The Labute approximate surface area is 140 Å². The first-order valence-electron chi connectivity index (χ1n) is 7.74. The second kappa shape index (κ2) is 7.55. The van der Waals surface area contributed by atoms with Gasteiger partial charge in [-0.2, -0.15) is 0 Å². The Morgan fingerprint density at radius 1 is 1.00 bits per heavy atom. The van der Waals surface area contributed by atoms with Crippen molar-refractivity contribution in [2.75, 3.05) is 6.61 Å². The minimum atomic E-state index is -0.135. The molecule has 0 aliphatic rings. The van der Waals surface area contributed by atoms with Gasteiger partial charge in [0.25, 0.3) is 5.91 Å². The third-order valence-corrected chi connectivity index (χ3v) is 3.53. The van der Waals surface area contributed by atoms with Gasteiger partial charge in [0.2, 0.25) is 0 Å². The van der Waals surface area contributed by atoms with Crippen molar-refractivity contribution in [3.05, 3.63) is 78.1 Å². The molecule has 2 aromatic heterocycles. The molecule has 1 amide bonds. The molecule has 0 N–H and O–H groups in total. The number of benzene rings is 1. The summed E-state index contributed by atoms with van der Waals surface area (Å²) in [5, 5.41) is 0. The van der Waals surface area contributed by atoms with Gasteiger partial charge in [-0.05, 0) is 43.3 Å². The first-order valence-corrected chi connectivity index (χ1v) is 7.74. The van der Waals surface area contributed by atoms with Crippen LogP contribution < -0.4 is 4.74 Å². The van der Waals surface area contributed by atoms with Gasteiger partial charge in [0.15, 0.2) is 6.61 Å². The maximum atomic E-state index is 12.6. The number of furan rings is 2. The van der Waals surface area contributed by atoms with Crippen LogP contribution in [0.25, 0.3) is 0 Å². The van der Waals surface area contributed by atoms with E-state index in [2.05, 4.69) is 0 Å². The smallest absolute Gasteiger partial charge is 0.261 e. The van der Waals surface area contributed by atoms with Crippen LogP contribution in [-0.4, -0.2) is 17.4 Å². The zero-order chi connectivity index (χ0) is 16.8. The molecule has 5 heteroatoms. The van der Waals surface area contributed by atoms with Crippen molar-refractivity contribution >= 4 is 5.91 Å². The standard InChI is InChI=1S/C19H19NO4/c1-15-9-10-18(24-15)13-20(12-17-8-5-11-22-17)19(21)14-23-16-6-3-2-4-7-16/h2-11H,12-14H2,1H3. The fraction of sp³-hybridized carbons (Fsp3) is 0.211. The van der Waals surface area contributed by atoms with E-state index in [1.807, 2.05) is 55.5 Å². The van der Waals surface area contributed by atoms with E-state index in [0.717, 1.165) is 11.5 Å². The topological polar surface area (TPSA) is 55.8 Å². The summed E-state index contributed by atoms with van der Waals surface area (Å²) < 4.78 is 16.5. The molecule has 2 heterocycles. The molecule has 0 unspecified atom stereocenters. The molecule has 3 aromatic rings. The van der Waals surface area contributed by atoms with Gasteiger partial charge in [-0.15, -0.1) is 0 Å². The highest BCUT2D eigenvalue weighted by atomic mass is 16.5. The summed E-state index contributed by atoms with van der Waals surface area (Å²) in [6, 6.07) is 16.7. The van der Waals surface area contributed by atoms with Crippen LogP contribution >= 0.6 is 0 Å². The van der Waals surface area contributed by atoms with Gasteiger partial charge in [0.1, 0.15) is 23.0 Å². The number of para-hydroxylation sites is 1. The zero-order valence-corrected chi connectivity index (χ0v) is 13.5. The molecule has 0 bridgehead atoms. The highest BCUT2D eigenvalue weighted by Gasteiger charge is 2.18. The van der Waals surface area contributed by atoms with Gasteiger partial charge in [-0.25, -0.2) is 0 Å². The zero-order valence-electron chi connectivity index (χ0n) is 13.5. The number of carbonyl (C=O) groups is 1. The summed E-state index contributed by atoms with van der Waals surface area (Å²) in [4.78, 5) is 14.2. The van der Waals surface area contributed by atoms with E-state index in [9.17, 15) is 4.79 Å². The molecule has 1 aromatic carbocycles. The first-order chi connectivity index (χ1) is 11.7. The van der Waals surface area contributed by atoms with Crippen LogP contribution in [0.5, 0.6) is 5.75 Å². The van der Waals surface area contributed by atoms with Gasteiger partial charge >= 0.3 is 0 Å². The average molecular weight is 325 g/mol. The van der Waals surface area contributed by atoms with Crippen LogP contribution in [0.15, 0.2) is 69.7 Å². The molecule has 0 aliphatic heterocycles. The van der Waals surface area contributed by atoms with Gasteiger partial charge in [0, 0.05) is 0 Å². The number of rotatable bonds is 7. The van der Waals surface area contributed by atoms with Crippen molar-refractivity contribution in [2.24, 2.45) is 0 Å². The molecule has 0 radical (unpaired) electrons. The molecule has 0 saturated heterocycles. The minimum absolute atomic E-state index is 0.0373. The van der Waals surface area contributed by atoms with Crippen LogP contribution in [0, 0.1) is 6.92 Å². The summed E-state index contributed by atoms with van der Waals surface area (Å²) in [6.07, 6.45) is 1.59. The third-order valence-electron chi connectivity index (χ3n) is 3.53. The highest BCUT2D eigenvalue weighted by Crippen LogP contribution is 2.14. The fourth-order valence-electron chi connectivity index (χ4n) is 2.33. The highest BCUT2D eigenvalue weighted by molar-refractivity contribution is 5.77. The normalized spacial score (nSPS) is 10.5. The van der Waals surface area contributed by atoms with Crippen molar-refractivity contribution in [3.63, 3.8) is 0 Å². The molecular weight excluding hydrogens is 306 g/mol. The lowest BCUT2D eigenvalue weighted by Crippen LogP contribution is -2.33. The van der Waals surface area contributed by atoms with Crippen molar-refractivity contribution < 1.29 is 18.4 Å². The number of amides is 1. The van der Waals surface area contributed by atoms with E-state index in [4.69, 9.17) is 13.6 Å². The van der Waals surface area contributed by atoms with Crippen LogP contribution in [0.1, 0.15) is 17.3 Å². The lowest BCUT2D eigenvalue weighted by Gasteiger charge is -2.20. The van der Waals surface area contributed by atoms with Crippen molar-refractivity contribution in [2.45, 2.75) is 20.0 Å². The Morgan fingerprint density at radius 2 is 1.79 bits per heavy atom. The second-order valence-corrected chi connectivity index (χ2v) is 5.44. The molecule has 0 spiro atoms. The summed E-state index contributed by atoms with van der Waals surface area (Å²) in [5.41, 5.74) is 0. The Kier molecular flexibility index (Phi) is 5.01. The Balaban J connectivity index is 1.66. The monoisotopic (exact) mass is 325 g/mol. The fourth-order valence-corrected chi connectivity index (χ4v) is 2.33. The number of aryl methyl sites for hydroxylation is 1. The maximum Gasteiger partial charge on any atom is 0.261 e. The van der Waals surface area contributed by atoms with E-state index >= 15 is 0 Å². The summed E-state index contributed by atoms with van der Waals surface area (Å²) in [5.74, 6) is 2.79. The van der Waals surface area contributed by atoms with Crippen LogP contribution in [0.2, 0.25) is 0 Å². The molecule has 0 atom stereocenters. The Bertz CT molecular complexity index is 762. The molecule has 3 rings (SSSR count). The first kappa shape index (κ1) is 15.9. The van der Waals surface area contributed by atoms with Crippen LogP contribution in [0.3, 0.4) is 0 Å². The lowest BCUT2D eigenvalue weighted by atomic mass is 10.3. The third kappa shape index (κ3) is 4.29. The average Bonchev–Trinajstić information content (AvgIpc) is 3.25. The van der Waals surface area contributed by atoms with Crippen molar-refractivity contribution in [3.8, 4) is 5.75 Å². The molecular formula is C19H19NO4. The van der Waals surface area contributed by atoms with E-state index in [1.165, 1.54) is 0 Å². The molecule has 0 saturated carbocycles. The van der Waals surface area contributed by atoms with Crippen molar-refractivity contribution in [1.82, 2.24) is 4.90 Å². The van der Waals surface area contributed by atoms with E-state index in [-0.39, 0.29) is 12.5 Å². The number of hydrogen-bond acceptors (Lipinski definition) is 4. The van der Waals surface area contributed by atoms with Gasteiger partial charge < -0.3 is 18.5 Å². The SMILES string of the molecule is Cc1ccc(CN(Cc2ccco2)C(=O)COc2ccccc2)o1. The maximum absolute atomic E-state index is 12.6. The number of carbonyl (C=O) groups excluding carboxylic acids is 1. The lowest BCUT2D eigenvalue weighted by molar-refractivity contribution is -0.135. The summed E-state index contributed by atoms with van der Waals surface area (Å²) in [6.45, 7) is 2.57. The van der Waals surface area contributed by atoms with E-state index < -0.39 is 0 Å². The molecule has 124 valence electrons. The predicted octanol–water partition coefficient (Wildman–Crippen LogP) is 3.79. The van der Waals surface area contributed by atoms with Gasteiger partial charge in [-0.1, -0.05) is 18.2 Å². The molecule has 0 aliphatic carbocycles. The number of ether oxygens (including phenoxy) is 1. The summed E-state index contributed by atoms with van der Waals surface area (Å²) in [7, 11) is 0. The molecule has 5 nitrogen and oxygen atoms in total. The predicted molar refractivity (Wildman–Crippen MR) is 88.3 cm³/mol. The van der Waals surface area contributed by atoms with Crippen molar-refractivity contribution in [1.29, 1.82) is 0 Å².